The van der Waals surface area contributed by atoms with E-state index < -0.39 is 0 Å². The maximum Gasteiger partial charge on any atom is 0.225 e. The lowest BCUT2D eigenvalue weighted by atomic mass is 10.2. The fourth-order valence-electron chi connectivity index (χ4n) is 1.82. The fourth-order valence-corrected chi connectivity index (χ4v) is 3.47. The molecule has 0 unspecified atom stereocenters. The van der Waals surface area contributed by atoms with Crippen molar-refractivity contribution in [2.24, 2.45) is 0 Å². The molecule has 0 saturated carbocycles. The van der Waals surface area contributed by atoms with Crippen molar-refractivity contribution < 1.29 is 0 Å². The summed E-state index contributed by atoms with van der Waals surface area (Å²) in [7, 11) is 0. The predicted molar refractivity (Wildman–Crippen MR) is 81.6 cm³/mol. The summed E-state index contributed by atoms with van der Waals surface area (Å²) in [6, 6.07) is 14.0. The quantitative estimate of drug-likeness (QED) is 0.694. The van der Waals surface area contributed by atoms with Crippen LogP contribution in [0.25, 0.3) is 11.4 Å². The van der Waals surface area contributed by atoms with Crippen molar-refractivity contribution in [2.75, 3.05) is 0 Å². The second-order valence-corrected chi connectivity index (χ2v) is 6.84. The number of nitrogens with zero attached hydrogens (tertiary/aromatic N) is 3. The summed E-state index contributed by atoms with van der Waals surface area (Å²) in [6.07, 6.45) is 0. The molecular weight excluding hydrogens is 346 g/mol. The Labute approximate surface area is 128 Å². The van der Waals surface area contributed by atoms with Gasteiger partial charge in [0.25, 0.3) is 0 Å². The average Bonchev–Trinajstić information content (AvgIpc) is 2.99. The van der Waals surface area contributed by atoms with E-state index in [0.29, 0.717) is 11.8 Å². The van der Waals surface area contributed by atoms with Gasteiger partial charge in [0, 0.05) is 10.4 Å². The summed E-state index contributed by atoms with van der Waals surface area (Å²) in [5.41, 5.74) is 1.01. The highest BCUT2D eigenvalue weighted by Gasteiger charge is 2.13. The summed E-state index contributed by atoms with van der Waals surface area (Å²) in [5, 5.41) is 8.54. The van der Waals surface area contributed by atoms with Crippen LogP contribution in [-0.2, 0) is 6.54 Å². The van der Waals surface area contributed by atoms with Gasteiger partial charge in [0.15, 0.2) is 5.82 Å². The Morgan fingerprint density at radius 2 is 1.89 bits per heavy atom. The SMILES string of the molecule is Clc1nnc(-c2ccccc2)n1Cc1ccc(Br)s1. The Balaban J connectivity index is 1.99. The number of hydrogen-bond donors (Lipinski definition) is 0. The molecule has 0 aliphatic heterocycles. The van der Waals surface area contributed by atoms with E-state index in [1.54, 1.807) is 11.3 Å². The number of benzene rings is 1. The summed E-state index contributed by atoms with van der Waals surface area (Å²) >= 11 is 11.3. The van der Waals surface area contributed by atoms with Crippen LogP contribution in [0.1, 0.15) is 4.88 Å². The summed E-state index contributed by atoms with van der Waals surface area (Å²) in [4.78, 5) is 1.20. The van der Waals surface area contributed by atoms with E-state index in [0.717, 1.165) is 15.2 Å². The van der Waals surface area contributed by atoms with Crippen LogP contribution in [0.2, 0.25) is 5.28 Å². The van der Waals surface area contributed by atoms with E-state index in [4.69, 9.17) is 11.6 Å². The molecule has 0 bridgehead atoms. The number of hydrogen-bond acceptors (Lipinski definition) is 3. The Morgan fingerprint density at radius 3 is 2.58 bits per heavy atom. The smallest absolute Gasteiger partial charge is 0.225 e. The highest BCUT2D eigenvalue weighted by Crippen LogP contribution is 2.26. The largest absolute Gasteiger partial charge is 0.292 e. The van der Waals surface area contributed by atoms with E-state index in [1.807, 2.05) is 41.0 Å². The fraction of sp³-hybridized carbons (Fsp3) is 0.0769. The molecule has 0 radical (unpaired) electrons. The van der Waals surface area contributed by atoms with Crippen LogP contribution in [-0.4, -0.2) is 14.8 Å². The van der Waals surface area contributed by atoms with Gasteiger partial charge in [-0.25, -0.2) is 0 Å². The van der Waals surface area contributed by atoms with Gasteiger partial charge in [-0.15, -0.1) is 21.5 Å². The zero-order valence-electron chi connectivity index (χ0n) is 9.75. The molecule has 2 aromatic heterocycles. The molecule has 0 amide bonds. The van der Waals surface area contributed by atoms with Crippen LogP contribution >= 0.6 is 38.9 Å². The van der Waals surface area contributed by atoms with Gasteiger partial charge < -0.3 is 0 Å². The van der Waals surface area contributed by atoms with E-state index in [1.165, 1.54) is 4.88 Å². The van der Waals surface area contributed by atoms with Crippen molar-refractivity contribution >= 4 is 38.9 Å². The van der Waals surface area contributed by atoms with Crippen LogP contribution in [0.3, 0.4) is 0 Å². The zero-order chi connectivity index (χ0) is 13.2. The molecule has 0 atom stereocenters. The molecule has 1 aromatic carbocycles. The second-order valence-electron chi connectivity index (χ2n) is 3.95. The van der Waals surface area contributed by atoms with Crippen LogP contribution < -0.4 is 0 Å². The highest BCUT2D eigenvalue weighted by molar-refractivity contribution is 9.11. The highest BCUT2D eigenvalue weighted by atomic mass is 79.9. The minimum absolute atomic E-state index is 0.406. The molecule has 0 spiro atoms. The van der Waals surface area contributed by atoms with Gasteiger partial charge in [0.05, 0.1) is 10.3 Å². The third kappa shape index (κ3) is 2.73. The molecule has 2 heterocycles. The standard InChI is InChI=1S/C13H9BrClN3S/c14-11-7-6-10(19-11)8-18-12(16-17-13(18)15)9-4-2-1-3-5-9/h1-7H,8H2. The van der Waals surface area contributed by atoms with Crippen molar-refractivity contribution in [2.45, 2.75) is 6.54 Å². The minimum Gasteiger partial charge on any atom is -0.292 e. The maximum atomic E-state index is 6.13. The number of aromatic nitrogens is 3. The molecule has 3 aromatic rings. The Hall–Kier alpha value is -1.17. The molecule has 0 aliphatic rings. The first kappa shape index (κ1) is 12.8. The van der Waals surface area contributed by atoms with E-state index >= 15 is 0 Å². The lowest BCUT2D eigenvalue weighted by Gasteiger charge is -2.06. The molecule has 0 fully saturated rings. The monoisotopic (exact) mass is 353 g/mol. The Morgan fingerprint density at radius 1 is 1.11 bits per heavy atom. The number of rotatable bonds is 3. The molecule has 96 valence electrons. The molecule has 3 nitrogen and oxygen atoms in total. The van der Waals surface area contributed by atoms with Gasteiger partial charge in [-0.1, -0.05) is 30.3 Å². The molecule has 0 saturated heterocycles. The van der Waals surface area contributed by atoms with Crippen LogP contribution in [0.4, 0.5) is 0 Å². The Kier molecular flexibility index (Phi) is 3.68. The first-order valence-electron chi connectivity index (χ1n) is 5.62. The van der Waals surface area contributed by atoms with Crippen molar-refractivity contribution in [1.29, 1.82) is 0 Å². The first-order chi connectivity index (χ1) is 9.24. The van der Waals surface area contributed by atoms with E-state index in [-0.39, 0.29) is 0 Å². The van der Waals surface area contributed by atoms with Crippen molar-refractivity contribution in [3.8, 4) is 11.4 Å². The van der Waals surface area contributed by atoms with Crippen LogP contribution in [0, 0.1) is 0 Å². The van der Waals surface area contributed by atoms with Crippen LogP contribution in [0.5, 0.6) is 0 Å². The molecule has 3 rings (SSSR count). The first-order valence-corrected chi connectivity index (χ1v) is 7.61. The average molecular weight is 355 g/mol. The van der Waals surface area contributed by atoms with Gasteiger partial charge in [0.2, 0.25) is 5.28 Å². The number of thiophene rings is 1. The molecule has 0 N–H and O–H groups in total. The lowest BCUT2D eigenvalue weighted by molar-refractivity contribution is 0.817. The van der Waals surface area contributed by atoms with Gasteiger partial charge in [-0.05, 0) is 39.7 Å². The van der Waals surface area contributed by atoms with Gasteiger partial charge in [-0.2, -0.15) is 0 Å². The summed E-state index contributed by atoms with van der Waals surface area (Å²) < 4.78 is 3.02. The zero-order valence-corrected chi connectivity index (χ0v) is 12.9. The number of halogens is 2. The van der Waals surface area contributed by atoms with E-state index in [2.05, 4.69) is 32.2 Å². The predicted octanol–water partition coefficient (Wildman–Crippen LogP) is 4.47. The summed E-state index contributed by atoms with van der Waals surface area (Å²) in [6.45, 7) is 0.673. The topological polar surface area (TPSA) is 30.7 Å². The maximum absolute atomic E-state index is 6.13. The normalized spacial score (nSPS) is 10.8. The summed E-state index contributed by atoms with van der Waals surface area (Å²) in [5.74, 6) is 0.787. The van der Waals surface area contributed by atoms with Gasteiger partial charge >= 0.3 is 0 Å². The van der Waals surface area contributed by atoms with Crippen LogP contribution in [0.15, 0.2) is 46.3 Å². The third-order valence-corrected chi connectivity index (χ3v) is 4.57. The lowest BCUT2D eigenvalue weighted by Crippen LogP contribution is -2.01. The Bertz CT molecular complexity index is 693. The van der Waals surface area contributed by atoms with E-state index in [9.17, 15) is 0 Å². The minimum atomic E-state index is 0.406. The van der Waals surface area contributed by atoms with Crippen molar-refractivity contribution in [1.82, 2.24) is 14.8 Å². The third-order valence-electron chi connectivity index (χ3n) is 2.68. The molecule has 19 heavy (non-hydrogen) atoms. The van der Waals surface area contributed by atoms with Gasteiger partial charge in [0.1, 0.15) is 0 Å². The molecular formula is C13H9BrClN3S. The van der Waals surface area contributed by atoms with Gasteiger partial charge in [-0.3, -0.25) is 4.57 Å². The molecule has 6 heteroatoms. The second kappa shape index (κ2) is 5.45. The molecule has 0 aliphatic carbocycles. The van der Waals surface area contributed by atoms with Crippen molar-refractivity contribution in [3.05, 3.63) is 56.4 Å². The van der Waals surface area contributed by atoms with Crippen molar-refractivity contribution in [3.63, 3.8) is 0 Å².